The summed E-state index contributed by atoms with van der Waals surface area (Å²) in [6.07, 6.45) is 0. The minimum Gasteiger partial charge on any atom is -0.493 e. The summed E-state index contributed by atoms with van der Waals surface area (Å²) in [5.74, 6) is 1.38. The van der Waals surface area contributed by atoms with Crippen molar-refractivity contribution in [2.75, 3.05) is 26.2 Å². The molecule has 128 valence electrons. The van der Waals surface area contributed by atoms with Gasteiger partial charge in [-0.05, 0) is 36.8 Å². The molecule has 0 unspecified atom stereocenters. The van der Waals surface area contributed by atoms with E-state index in [1.807, 2.05) is 55.5 Å². The average molecular weight is 328 g/mol. The first-order valence-corrected chi connectivity index (χ1v) is 7.83. The van der Waals surface area contributed by atoms with Crippen molar-refractivity contribution < 1.29 is 14.3 Å². The summed E-state index contributed by atoms with van der Waals surface area (Å²) in [6, 6.07) is 15.0. The van der Waals surface area contributed by atoms with Crippen molar-refractivity contribution in [1.29, 1.82) is 0 Å². The molecule has 0 bridgehead atoms. The molecule has 0 fully saturated rings. The number of hydrogen-bond acceptors (Lipinski definition) is 4. The Hall–Kier alpha value is -2.53. The van der Waals surface area contributed by atoms with Crippen LogP contribution in [0.3, 0.4) is 0 Å². The van der Waals surface area contributed by atoms with E-state index in [-0.39, 0.29) is 11.9 Å². The molecule has 0 saturated carbocycles. The number of nitrogens with one attached hydrogen (secondary N) is 1. The predicted octanol–water partition coefficient (Wildman–Crippen LogP) is 2.84. The zero-order chi connectivity index (χ0) is 17.5. The van der Waals surface area contributed by atoms with E-state index >= 15 is 0 Å². The van der Waals surface area contributed by atoms with Crippen molar-refractivity contribution >= 4 is 11.6 Å². The summed E-state index contributed by atoms with van der Waals surface area (Å²) in [5, 5.41) is 3.25. The van der Waals surface area contributed by atoms with Crippen molar-refractivity contribution in [2.45, 2.75) is 19.5 Å². The van der Waals surface area contributed by atoms with E-state index in [1.165, 1.54) is 0 Å². The molecule has 0 aliphatic heterocycles. The standard InChI is InChI=1S/C19H24N2O3/c1-14(19(22)21(2)16-8-6-5-7-9-16)20-13-15-10-11-17(23-3)18(12-15)24-4/h5-12,14,20H,13H2,1-4H3/t14-/m1/s1. The molecule has 1 N–H and O–H groups in total. The zero-order valence-corrected chi connectivity index (χ0v) is 14.6. The van der Waals surface area contributed by atoms with Crippen LogP contribution in [0, 0.1) is 0 Å². The molecule has 1 amide bonds. The molecule has 24 heavy (non-hydrogen) atoms. The minimum atomic E-state index is -0.302. The molecule has 0 aromatic heterocycles. The Morgan fingerprint density at radius 1 is 1.08 bits per heavy atom. The van der Waals surface area contributed by atoms with E-state index in [2.05, 4.69) is 5.32 Å². The van der Waals surface area contributed by atoms with Gasteiger partial charge in [0.15, 0.2) is 11.5 Å². The highest BCUT2D eigenvalue weighted by Gasteiger charge is 2.18. The number of benzene rings is 2. The van der Waals surface area contributed by atoms with Crippen LogP contribution >= 0.6 is 0 Å². The zero-order valence-electron chi connectivity index (χ0n) is 14.6. The van der Waals surface area contributed by atoms with Crippen LogP contribution in [-0.4, -0.2) is 33.2 Å². The van der Waals surface area contributed by atoms with Crippen LogP contribution in [0.15, 0.2) is 48.5 Å². The summed E-state index contributed by atoms with van der Waals surface area (Å²) >= 11 is 0. The molecule has 2 aromatic carbocycles. The molecule has 0 aliphatic carbocycles. The van der Waals surface area contributed by atoms with E-state index < -0.39 is 0 Å². The molecule has 1 atom stereocenters. The molecule has 2 aromatic rings. The number of hydrogen-bond donors (Lipinski definition) is 1. The Morgan fingerprint density at radius 3 is 2.38 bits per heavy atom. The quantitative estimate of drug-likeness (QED) is 0.849. The van der Waals surface area contributed by atoms with Crippen LogP contribution < -0.4 is 19.7 Å². The number of carbonyl (C=O) groups is 1. The van der Waals surface area contributed by atoms with Crippen molar-refractivity contribution in [2.24, 2.45) is 0 Å². The number of amides is 1. The molecule has 5 nitrogen and oxygen atoms in total. The third-order valence-electron chi connectivity index (χ3n) is 3.90. The van der Waals surface area contributed by atoms with E-state index in [9.17, 15) is 4.79 Å². The van der Waals surface area contributed by atoms with Gasteiger partial charge in [-0.3, -0.25) is 4.79 Å². The first-order valence-electron chi connectivity index (χ1n) is 7.83. The van der Waals surface area contributed by atoms with Crippen LogP contribution in [0.5, 0.6) is 11.5 Å². The van der Waals surface area contributed by atoms with Gasteiger partial charge in [0.1, 0.15) is 0 Å². The van der Waals surface area contributed by atoms with Gasteiger partial charge >= 0.3 is 0 Å². The Bertz CT molecular complexity index is 674. The van der Waals surface area contributed by atoms with Crippen molar-refractivity contribution in [3.8, 4) is 11.5 Å². The van der Waals surface area contributed by atoms with Gasteiger partial charge in [0.2, 0.25) is 5.91 Å². The number of rotatable bonds is 7. The first kappa shape index (κ1) is 17.8. The third kappa shape index (κ3) is 4.26. The fraction of sp³-hybridized carbons (Fsp3) is 0.316. The van der Waals surface area contributed by atoms with Gasteiger partial charge in [0.05, 0.1) is 20.3 Å². The second kappa shape index (κ2) is 8.36. The SMILES string of the molecule is COc1ccc(CN[C@H](C)C(=O)N(C)c2ccccc2)cc1OC. The van der Waals surface area contributed by atoms with Gasteiger partial charge in [0.25, 0.3) is 0 Å². The number of para-hydroxylation sites is 1. The van der Waals surface area contributed by atoms with E-state index in [1.54, 1.807) is 26.2 Å². The fourth-order valence-electron chi connectivity index (χ4n) is 2.42. The maximum absolute atomic E-state index is 12.5. The number of nitrogens with zero attached hydrogens (tertiary/aromatic N) is 1. The monoisotopic (exact) mass is 328 g/mol. The Morgan fingerprint density at radius 2 is 1.75 bits per heavy atom. The molecular weight excluding hydrogens is 304 g/mol. The molecule has 0 heterocycles. The van der Waals surface area contributed by atoms with Gasteiger partial charge in [0, 0.05) is 19.3 Å². The summed E-state index contributed by atoms with van der Waals surface area (Å²) in [5.41, 5.74) is 1.90. The smallest absolute Gasteiger partial charge is 0.243 e. The number of likely N-dealkylation sites (N-methyl/N-ethyl adjacent to an activating group) is 1. The van der Waals surface area contributed by atoms with E-state index in [4.69, 9.17) is 9.47 Å². The van der Waals surface area contributed by atoms with Gasteiger partial charge in [-0.15, -0.1) is 0 Å². The van der Waals surface area contributed by atoms with Crippen LogP contribution in [0.1, 0.15) is 12.5 Å². The first-order chi connectivity index (χ1) is 11.6. The van der Waals surface area contributed by atoms with Crippen molar-refractivity contribution in [3.05, 3.63) is 54.1 Å². The lowest BCUT2D eigenvalue weighted by molar-refractivity contribution is -0.120. The number of anilines is 1. The molecule has 0 radical (unpaired) electrons. The van der Waals surface area contributed by atoms with E-state index in [0.717, 1.165) is 11.3 Å². The predicted molar refractivity (Wildman–Crippen MR) is 95.7 cm³/mol. The lowest BCUT2D eigenvalue weighted by Crippen LogP contribution is -2.43. The summed E-state index contributed by atoms with van der Waals surface area (Å²) in [6.45, 7) is 2.43. The Labute approximate surface area is 143 Å². The molecule has 2 rings (SSSR count). The average Bonchev–Trinajstić information content (AvgIpc) is 2.65. The van der Waals surface area contributed by atoms with Gasteiger partial charge in [-0.2, -0.15) is 0 Å². The largest absolute Gasteiger partial charge is 0.493 e. The maximum Gasteiger partial charge on any atom is 0.243 e. The number of carbonyl (C=O) groups excluding carboxylic acids is 1. The van der Waals surface area contributed by atoms with Crippen LogP contribution in [0.2, 0.25) is 0 Å². The highest BCUT2D eigenvalue weighted by molar-refractivity contribution is 5.96. The lowest BCUT2D eigenvalue weighted by Gasteiger charge is -2.22. The van der Waals surface area contributed by atoms with Crippen LogP contribution in [-0.2, 0) is 11.3 Å². The lowest BCUT2D eigenvalue weighted by atomic mass is 10.1. The summed E-state index contributed by atoms with van der Waals surface area (Å²) in [4.78, 5) is 14.2. The number of ether oxygens (including phenoxy) is 2. The topological polar surface area (TPSA) is 50.8 Å². The summed E-state index contributed by atoms with van der Waals surface area (Å²) in [7, 11) is 5.00. The fourth-order valence-corrected chi connectivity index (χ4v) is 2.42. The highest BCUT2D eigenvalue weighted by Crippen LogP contribution is 2.27. The van der Waals surface area contributed by atoms with Gasteiger partial charge < -0.3 is 19.7 Å². The van der Waals surface area contributed by atoms with Gasteiger partial charge in [-0.1, -0.05) is 24.3 Å². The van der Waals surface area contributed by atoms with E-state index in [0.29, 0.717) is 18.0 Å². The van der Waals surface area contributed by atoms with Crippen LogP contribution in [0.4, 0.5) is 5.69 Å². The minimum absolute atomic E-state index is 0.0154. The normalized spacial score (nSPS) is 11.7. The van der Waals surface area contributed by atoms with Gasteiger partial charge in [-0.25, -0.2) is 0 Å². The highest BCUT2D eigenvalue weighted by atomic mass is 16.5. The maximum atomic E-state index is 12.5. The Kier molecular flexibility index (Phi) is 6.21. The molecule has 0 spiro atoms. The van der Waals surface area contributed by atoms with Crippen molar-refractivity contribution in [1.82, 2.24) is 5.32 Å². The Balaban J connectivity index is 1.97. The molecule has 0 saturated heterocycles. The second-order valence-corrected chi connectivity index (χ2v) is 5.52. The van der Waals surface area contributed by atoms with Crippen LogP contribution in [0.25, 0.3) is 0 Å². The second-order valence-electron chi connectivity index (χ2n) is 5.52. The third-order valence-corrected chi connectivity index (χ3v) is 3.90. The molecular formula is C19H24N2O3. The summed E-state index contributed by atoms with van der Waals surface area (Å²) < 4.78 is 10.5. The molecule has 0 aliphatic rings. The van der Waals surface area contributed by atoms with Crippen molar-refractivity contribution in [3.63, 3.8) is 0 Å². The number of methoxy groups -OCH3 is 2. The molecule has 5 heteroatoms.